The van der Waals surface area contributed by atoms with Crippen LogP contribution in [0, 0.1) is 11.3 Å². The number of hydrogen-bond acceptors (Lipinski definition) is 3. The Kier molecular flexibility index (Phi) is 5.52. The Bertz CT molecular complexity index is 611. The number of hydrogen-bond donors (Lipinski definition) is 1. The first kappa shape index (κ1) is 18.3. The molecular formula is C19H27NO4. The monoisotopic (exact) mass is 333 g/mol. The zero-order valence-corrected chi connectivity index (χ0v) is 14.9. The number of carbonyl (C=O) groups excluding carboxylic acids is 1. The third-order valence-electron chi connectivity index (χ3n) is 4.81. The average molecular weight is 333 g/mol. The predicted octanol–water partition coefficient (Wildman–Crippen LogP) is 2.98. The van der Waals surface area contributed by atoms with E-state index in [2.05, 4.69) is 0 Å². The molecule has 0 saturated carbocycles. The van der Waals surface area contributed by atoms with Crippen molar-refractivity contribution >= 4 is 11.9 Å². The van der Waals surface area contributed by atoms with Gasteiger partial charge >= 0.3 is 5.97 Å². The number of aliphatic carboxylic acids is 1. The van der Waals surface area contributed by atoms with Crippen LogP contribution in [0.5, 0.6) is 5.75 Å². The predicted molar refractivity (Wildman–Crippen MR) is 92.0 cm³/mol. The lowest BCUT2D eigenvalue weighted by Crippen LogP contribution is -2.41. The Morgan fingerprint density at radius 3 is 2.54 bits per heavy atom. The second-order valence-electron chi connectivity index (χ2n) is 7.17. The quantitative estimate of drug-likeness (QED) is 0.869. The standard InChI is InChI=1S/C19H27NO4/c1-13(2)19(18(22)23)8-9-20(12-19)17(21)11-15-6-5-7-16(10-15)24-14(3)4/h5-7,10,13-14H,8-9,11-12H2,1-4H3,(H,22,23). The molecule has 0 aromatic heterocycles. The molecule has 1 heterocycles. The molecule has 1 fully saturated rings. The maximum Gasteiger partial charge on any atom is 0.311 e. The molecule has 1 atom stereocenters. The summed E-state index contributed by atoms with van der Waals surface area (Å²) in [6.45, 7) is 8.54. The first-order valence-corrected chi connectivity index (χ1v) is 8.51. The lowest BCUT2D eigenvalue weighted by Gasteiger charge is -2.28. The van der Waals surface area contributed by atoms with Crippen molar-refractivity contribution in [1.82, 2.24) is 4.90 Å². The molecule has 1 aromatic rings. The molecule has 0 bridgehead atoms. The number of benzene rings is 1. The van der Waals surface area contributed by atoms with Crippen molar-refractivity contribution in [2.75, 3.05) is 13.1 Å². The van der Waals surface area contributed by atoms with E-state index < -0.39 is 11.4 Å². The van der Waals surface area contributed by atoms with Gasteiger partial charge < -0.3 is 14.7 Å². The van der Waals surface area contributed by atoms with E-state index in [1.807, 2.05) is 52.0 Å². The van der Waals surface area contributed by atoms with Crippen molar-refractivity contribution in [2.45, 2.75) is 46.6 Å². The average Bonchev–Trinajstić information content (AvgIpc) is 2.93. The fraction of sp³-hybridized carbons (Fsp3) is 0.579. The van der Waals surface area contributed by atoms with E-state index in [1.54, 1.807) is 4.90 Å². The molecule has 24 heavy (non-hydrogen) atoms. The van der Waals surface area contributed by atoms with Crippen LogP contribution in [-0.4, -0.2) is 41.1 Å². The molecule has 0 spiro atoms. The fourth-order valence-electron chi connectivity index (χ4n) is 3.23. The molecule has 1 unspecified atom stereocenters. The van der Waals surface area contributed by atoms with Crippen LogP contribution < -0.4 is 4.74 Å². The molecule has 1 N–H and O–H groups in total. The highest BCUT2D eigenvalue weighted by Crippen LogP contribution is 2.38. The van der Waals surface area contributed by atoms with Crippen molar-refractivity contribution in [3.63, 3.8) is 0 Å². The number of carboxylic acid groups (broad SMARTS) is 1. The Morgan fingerprint density at radius 2 is 2.00 bits per heavy atom. The number of nitrogens with zero attached hydrogens (tertiary/aromatic N) is 1. The maximum atomic E-state index is 12.6. The Morgan fingerprint density at radius 1 is 1.29 bits per heavy atom. The van der Waals surface area contributed by atoms with E-state index in [9.17, 15) is 14.7 Å². The lowest BCUT2D eigenvalue weighted by atomic mass is 9.76. The smallest absolute Gasteiger partial charge is 0.311 e. The van der Waals surface area contributed by atoms with Crippen molar-refractivity contribution in [1.29, 1.82) is 0 Å². The van der Waals surface area contributed by atoms with Gasteiger partial charge in [-0.25, -0.2) is 0 Å². The van der Waals surface area contributed by atoms with Crippen molar-refractivity contribution < 1.29 is 19.4 Å². The van der Waals surface area contributed by atoms with Gasteiger partial charge in [-0.05, 0) is 43.9 Å². The summed E-state index contributed by atoms with van der Waals surface area (Å²) in [6.07, 6.45) is 0.863. The van der Waals surface area contributed by atoms with E-state index in [-0.39, 0.29) is 24.3 Å². The number of carboxylic acids is 1. The number of amides is 1. The van der Waals surface area contributed by atoms with Crippen molar-refractivity contribution in [3.8, 4) is 5.75 Å². The van der Waals surface area contributed by atoms with Gasteiger partial charge in [0.25, 0.3) is 0 Å². The summed E-state index contributed by atoms with van der Waals surface area (Å²) in [7, 11) is 0. The summed E-state index contributed by atoms with van der Waals surface area (Å²) in [4.78, 5) is 25.9. The van der Waals surface area contributed by atoms with E-state index in [4.69, 9.17) is 4.74 Å². The summed E-state index contributed by atoms with van der Waals surface area (Å²) in [5.74, 6) is -0.0880. The van der Waals surface area contributed by atoms with E-state index in [0.29, 0.717) is 19.5 Å². The van der Waals surface area contributed by atoms with Crippen LogP contribution in [0.2, 0.25) is 0 Å². The molecule has 0 radical (unpaired) electrons. The third-order valence-corrected chi connectivity index (χ3v) is 4.81. The highest BCUT2D eigenvalue weighted by molar-refractivity contribution is 5.82. The van der Waals surface area contributed by atoms with Gasteiger partial charge in [-0.2, -0.15) is 0 Å². The highest BCUT2D eigenvalue weighted by Gasteiger charge is 2.48. The molecule has 1 saturated heterocycles. The molecule has 1 aliphatic rings. The summed E-state index contributed by atoms with van der Waals surface area (Å²) in [6, 6.07) is 7.52. The van der Waals surface area contributed by atoms with Gasteiger partial charge in [0, 0.05) is 13.1 Å². The zero-order chi connectivity index (χ0) is 17.9. The minimum Gasteiger partial charge on any atom is -0.491 e. The summed E-state index contributed by atoms with van der Waals surface area (Å²) < 4.78 is 5.66. The third kappa shape index (κ3) is 3.89. The Labute approximate surface area is 143 Å². The van der Waals surface area contributed by atoms with Gasteiger partial charge in [-0.1, -0.05) is 26.0 Å². The van der Waals surface area contributed by atoms with Crippen LogP contribution in [0.25, 0.3) is 0 Å². The first-order valence-electron chi connectivity index (χ1n) is 8.51. The Hall–Kier alpha value is -2.04. The molecule has 1 aliphatic heterocycles. The summed E-state index contributed by atoms with van der Waals surface area (Å²) in [5, 5.41) is 9.59. The normalized spacial score (nSPS) is 20.7. The molecule has 132 valence electrons. The SMILES string of the molecule is CC(C)Oc1cccc(CC(=O)N2CCC(C(=O)O)(C(C)C)C2)c1. The van der Waals surface area contributed by atoms with E-state index in [1.165, 1.54) is 0 Å². The molecular weight excluding hydrogens is 306 g/mol. The largest absolute Gasteiger partial charge is 0.491 e. The zero-order valence-electron chi connectivity index (χ0n) is 14.9. The van der Waals surface area contributed by atoms with Crippen LogP contribution >= 0.6 is 0 Å². The minimum absolute atomic E-state index is 0.00410. The summed E-state index contributed by atoms with van der Waals surface area (Å²) >= 11 is 0. The second-order valence-corrected chi connectivity index (χ2v) is 7.17. The van der Waals surface area contributed by atoms with Gasteiger partial charge in [-0.3, -0.25) is 9.59 Å². The van der Waals surface area contributed by atoms with Crippen LogP contribution in [0.15, 0.2) is 24.3 Å². The number of carbonyl (C=O) groups is 2. The molecule has 2 rings (SSSR count). The van der Waals surface area contributed by atoms with Crippen molar-refractivity contribution in [3.05, 3.63) is 29.8 Å². The summed E-state index contributed by atoms with van der Waals surface area (Å²) in [5.41, 5.74) is 0.0636. The van der Waals surface area contributed by atoms with Crippen LogP contribution in [0.1, 0.15) is 39.7 Å². The molecule has 0 aliphatic carbocycles. The molecule has 1 amide bonds. The second kappa shape index (κ2) is 7.24. The van der Waals surface area contributed by atoms with Gasteiger partial charge in [0.05, 0.1) is 17.9 Å². The van der Waals surface area contributed by atoms with Crippen LogP contribution in [0.4, 0.5) is 0 Å². The molecule has 5 heteroatoms. The number of ether oxygens (including phenoxy) is 1. The van der Waals surface area contributed by atoms with Gasteiger partial charge in [0.2, 0.25) is 5.91 Å². The number of likely N-dealkylation sites (tertiary alicyclic amines) is 1. The lowest BCUT2D eigenvalue weighted by molar-refractivity contribution is -0.151. The van der Waals surface area contributed by atoms with Gasteiger partial charge in [0.15, 0.2) is 0 Å². The van der Waals surface area contributed by atoms with Gasteiger partial charge in [-0.15, -0.1) is 0 Å². The van der Waals surface area contributed by atoms with E-state index >= 15 is 0 Å². The first-order chi connectivity index (χ1) is 11.2. The highest BCUT2D eigenvalue weighted by atomic mass is 16.5. The number of rotatable bonds is 6. The Balaban J connectivity index is 2.05. The molecule has 5 nitrogen and oxygen atoms in total. The van der Waals surface area contributed by atoms with Crippen molar-refractivity contribution in [2.24, 2.45) is 11.3 Å². The van der Waals surface area contributed by atoms with Gasteiger partial charge in [0.1, 0.15) is 5.75 Å². The minimum atomic E-state index is -0.821. The topological polar surface area (TPSA) is 66.8 Å². The van der Waals surface area contributed by atoms with Crippen LogP contribution in [0.3, 0.4) is 0 Å². The maximum absolute atomic E-state index is 12.6. The fourth-order valence-corrected chi connectivity index (χ4v) is 3.23. The molecule has 1 aromatic carbocycles. The van der Waals surface area contributed by atoms with Crippen LogP contribution in [-0.2, 0) is 16.0 Å². The van der Waals surface area contributed by atoms with E-state index in [0.717, 1.165) is 11.3 Å².